The fraction of sp³-hybridized carbons (Fsp3) is 0.938. The first-order chi connectivity index (χ1) is 10.9. The van der Waals surface area contributed by atoms with E-state index in [1.807, 2.05) is 4.90 Å². The Labute approximate surface area is 140 Å². The van der Waals surface area contributed by atoms with E-state index in [0.29, 0.717) is 32.1 Å². The van der Waals surface area contributed by atoms with Gasteiger partial charge in [0.05, 0.1) is 0 Å². The van der Waals surface area contributed by atoms with Gasteiger partial charge in [0.1, 0.15) is 0 Å². The predicted octanol–water partition coefficient (Wildman–Crippen LogP) is 1.30. The lowest BCUT2D eigenvalue weighted by atomic mass is 9.96. The van der Waals surface area contributed by atoms with E-state index in [1.54, 1.807) is 15.7 Å². The summed E-state index contributed by atoms with van der Waals surface area (Å²) in [6.07, 6.45) is 6.37. The lowest BCUT2D eigenvalue weighted by Crippen LogP contribution is -2.55. The normalized spacial score (nSPS) is 30.7. The molecule has 2 aliphatic carbocycles. The van der Waals surface area contributed by atoms with Gasteiger partial charge >= 0.3 is 0 Å². The number of carbonyl (C=O) groups is 1. The van der Waals surface area contributed by atoms with Crippen LogP contribution in [0.5, 0.6) is 0 Å². The van der Waals surface area contributed by atoms with Crippen LogP contribution in [-0.4, -0.2) is 67.1 Å². The van der Waals surface area contributed by atoms with Crippen molar-refractivity contribution < 1.29 is 13.2 Å². The molecule has 3 fully saturated rings. The highest BCUT2D eigenvalue weighted by Crippen LogP contribution is 2.39. The minimum Gasteiger partial charge on any atom is -0.340 e. The molecule has 0 N–H and O–H groups in total. The molecule has 7 heteroatoms. The minimum atomic E-state index is -3.40. The number of amides is 1. The molecule has 1 amide bonds. The van der Waals surface area contributed by atoms with Crippen LogP contribution in [0.3, 0.4) is 0 Å². The van der Waals surface area contributed by atoms with Crippen molar-refractivity contribution in [1.29, 1.82) is 0 Å². The van der Waals surface area contributed by atoms with Gasteiger partial charge in [-0.1, -0.05) is 26.2 Å². The van der Waals surface area contributed by atoms with Gasteiger partial charge in [-0.2, -0.15) is 17.0 Å². The molecule has 1 heterocycles. The molecular weight excluding hydrogens is 314 g/mol. The molecule has 2 unspecified atom stereocenters. The first-order valence-corrected chi connectivity index (χ1v) is 10.3. The quantitative estimate of drug-likeness (QED) is 0.773. The molecule has 23 heavy (non-hydrogen) atoms. The van der Waals surface area contributed by atoms with E-state index in [4.69, 9.17) is 0 Å². The molecule has 0 aromatic carbocycles. The van der Waals surface area contributed by atoms with E-state index in [2.05, 4.69) is 6.92 Å². The molecule has 0 spiro atoms. The van der Waals surface area contributed by atoms with Gasteiger partial charge in [0.15, 0.2) is 0 Å². The van der Waals surface area contributed by atoms with E-state index in [0.717, 1.165) is 32.1 Å². The van der Waals surface area contributed by atoms with E-state index < -0.39 is 10.2 Å². The highest BCUT2D eigenvalue weighted by molar-refractivity contribution is 7.86. The van der Waals surface area contributed by atoms with Crippen molar-refractivity contribution in [3.63, 3.8) is 0 Å². The van der Waals surface area contributed by atoms with Crippen LogP contribution in [0.15, 0.2) is 0 Å². The molecule has 1 aliphatic heterocycles. The number of piperazine rings is 1. The third-order valence-electron chi connectivity index (χ3n) is 5.76. The Morgan fingerprint density at radius 1 is 1.04 bits per heavy atom. The zero-order chi connectivity index (χ0) is 16.6. The molecule has 0 aromatic heterocycles. The summed E-state index contributed by atoms with van der Waals surface area (Å²) in [5.74, 6) is 0.903. The Kier molecular flexibility index (Phi) is 4.99. The van der Waals surface area contributed by atoms with Crippen LogP contribution in [0.2, 0.25) is 0 Å². The number of carbonyl (C=O) groups excluding carboxylic acids is 1. The van der Waals surface area contributed by atoms with E-state index in [-0.39, 0.29) is 17.9 Å². The Morgan fingerprint density at radius 2 is 1.61 bits per heavy atom. The lowest BCUT2D eigenvalue weighted by molar-refractivity contribution is -0.134. The van der Waals surface area contributed by atoms with Crippen LogP contribution >= 0.6 is 0 Å². The van der Waals surface area contributed by atoms with E-state index in [9.17, 15) is 13.2 Å². The van der Waals surface area contributed by atoms with Gasteiger partial charge < -0.3 is 4.90 Å². The zero-order valence-electron chi connectivity index (χ0n) is 14.3. The van der Waals surface area contributed by atoms with Crippen molar-refractivity contribution >= 4 is 16.1 Å². The molecular formula is C16H29N3O3S. The molecule has 1 saturated heterocycles. The molecule has 6 nitrogen and oxygen atoms in total. The summed E-state index contributed by atoms with van der Waals surface area (Å²) in [4.78, 5) is 14.1. The molecule has 132 valence electrons. The van der Waals surface area contributed by atoms with Crippen molar-refractivity contribution in [2.75, 3.05) is 33.2 Å². The topological polar surface area (TPSA) is 60.9 Å². The lowest BCUT2D eigenvalue weighted by Gasteiger charge is -2.38. The summed E-state index contributed by atoms with van der Waals surface area (Å²) >= 11 is 0. The Morgan fingerprint density at radius 3 is 2.13 bits per heavy atom. The third-order valence-corrected chi connectivity index (χ3v) is 7.80. The summed E-state index contributed by atoms with van der Waals surface area (Å²) in [7, 11) is -1.68. The van der Waals surface area contributed by atoms with Gasteiger partial charge in [-0.05, 0) is 25.2 Å². The molecule has 0 aromatic rings. The largest absolute Gasteiger partial charge is 0.340 e. The Bertz CT molecular complexity index is 537. The molecule has 0 bridgehead atoms. The van der Waals surface area contributed by atoms with Crippen LogP contribution in [0.4, 0.5) is 0 Å². The highest BCUT2D eigenvalue weighted by atomic mass is 32.2. The number of rotatable bonds is 4. The molecule has 3 aliphatic rings. The van der Waals surface area contributed by atoms with Crippen molar-refractivity contribution in [3.05, 3.63) is 0 Å². The molecule has 2 saturated carbocycles. The third kappa shape index (κ3) is 3.56. The first-order valence-electron chi connectivity index (χ1n) is 8.93. The van der Waals surface area contributed by atoms with Crippen LogP contribution < -0.4 is 0 Å². The second-order valence-corrected chi connectivity index (χ2v) is 9.35. The fourth-order valence-corrected chi connectivity index (χ4v) is 5.43. The fourth-order valence-electron chi connectivity index (χ4n) is 3.86. The summed E-state index contributed by atoms with van der Waals surface area (Å²) in [5.41, 5.74) is 0. The van der Waals surface area contributed by atoms with Gasteiger partial charge in [0, 0.05) is 45.2 Å². The van der Waals surface area contributed by atoms with Crippen molar-refractivity contribution in [1.82, 2.24) is 13.5 Å². The summed E-state index contributed by atoms with van der Waals surface area (Å²) < 4.78 is 28.7. The minimum absolute atomic E-state index is 0.140. The monoisotopic (exact) mass is 343 g/mol. The van der Waals surface area contributed by atoms with Gasteiger partial charge in [-0.3, -0.25) is 4.79 Å². The summed E-state index contributed by atoms with van der Waals surface area (Å²) in [5, 5.41) is 0. The number of nitrogens with zero attached hydrogens (tertiary/aromatic N) is 3. The van der Waals surface area contributed by atoms with Gasteiger partial charge in [0.2, 0.25) is 5.91 Å². The highest BCUT2D eigenvalue weighted by Gasteiger charge is 2.43. The van der Waals surface area contributed by atoms with Gasteiger partial charge in [0.25, 0.3) is 10.2 Å². The maximum atomic E-state index is 12.8. The van der Waals surface area contributed by atoms with Crippen LogP contribution in [-0.2, 0) is 15.0 Å². The second-order valence-electron chi connectivity index (χ2n) is 7.36. The van der Waals surface area contributed by atoms with E-state index in [1.165, 1.54) is 6.42 Å². The van der Waals surface area contributed by atoms with E-state index >= 15 is 0 Å². The average molecular weight is 343 g/mol. The predicted molar refractivity (Wildman–Crippen MR) is 89.0 cm³/mol. The Balaban J connectivity index is 1.56. The standard InChI is InChI=1S/C16H29N3O3S/c1-13-12-15(13)16(20)18-8-10-19(11-9-18)23(21,22)17(2)14-6-4-3-5-7-14/h13-15H,3-12H2,1-2H3. The smallest absolute Gasteiger partial charge is 0.282 e. The number of hydrogen-bond donors (Lipinski definition) is 0. The molecule has 2 atom stereocenters. The van der Waals surface area contributed by atoms with Crippen molar-refractivity contribution in [2.24, 2.45) is 11.8 Å². The summed E-state index contributed by atoms with van der Waals surface area (Å²) in [6, 6.07) is 0.140. The molecule has 3 rings (SSSR count). The van der Waals surface area contributed by atoms with Crippen molar-refractivity contribution in [3.8, 4) is 0 Å². The second kappa shape index (κ2) is 6.69. The summed E-state index contributed by atoms with van der Waals surface area (Å²) in [6.45, 7) is 4.00. The average Bonchev–Trinajstić information content (AvgIpc) is 3.31. The van der Waals surface area contributed by atoms with Gasteiger partial charge in [-0.15, -0.1) is 0 Å². The molecule has 0 radical (unpaired) electrons. The number of hydrogen-bond acceptors (Lipinski definition) is 3. The first kappa shape index (κ1) is 17.2. The SMILES string of the molecule is CC1CC1C(=O)N1CCN(S(=O)(=O)N(C)C2CCCCC2)CC1. The van der Waals surface area contributed by atoms with Crippen LogP contribution in [0, 0.1) is 11.8 Å². The maximum Gasteiger partial charge on any atom is 0.282 e. The van der Waals surface area contributed by atoms with Crippen molar-refractivity contribution in [2.45, 2.75) is 51.5 Å². The Hall–Kier alpha value is -0.660. The van der Waals surface area contributed by atoms with Crippen LogP contribution in [0.1, 0.15) is 45.4 Å². The van der Waals surface area contributed by atoms with Crippen LogP contribution in [0.25, 0.3) is 0 Å². The maximum absolute atomic E-state index is 12.8. The zero-order valence-corrected chi connectivity index (χ0v) is 15.1. The van der Waals surface area contributed by atoms with Gasteiger partial charge in [-0.25, -0.2) is 0 Å².